The van der Waals surface area contributed by atoms with Crippen LogP contribution in [0.2, 0.25) is 0 Å². The Balaban J connectivity index is 1.72. The average molecular weight is 285 g/mol. The summed E-state index contributed by atoms with van der Waals surface area (Å²) in [6.07, 6.45) is 3.32. The number of hydrogen-bond donors (Lipinski definition) is 2. The predicted molar refractivity (Wildman–Crippen MR) is 81.3 cm³/mol. The Labute approximate surface area is 122 Å². The van der Waals surface area contributed by atoms with Gasteiger partial charge < -0.3 is 4.98 Å². The van der Waals surface area contributed by atoms with Gasteiger partial charge in [0.2, 0.25) is 0 Å². The number of hydrogen-bond acceptors (Lipinski definition) is 3. The van der Waals surface area contributed by atoms with Crippen molar-refractivity contribution in [2.45, 2.75) is 31.8 Å². The molecule has 1 aliphatic rings. The lowest BCUT2D eigenvalue weighted by Gasteiger charge is -2.24. The van der Waals surface area contributed by atoms with Gasteiger partial charge in [0.1, 0.15) is 0 Å². The molecule has 1 saturated heterocycles. The fourth-order valence-electron chi connectivity index (χ4n) is 3.04. The van der Waals surface area contributed by atoms with Crippen LogP contribution in [0.4, 0.5) is 0 Å². The molecule has 2 N–H and O–H groups in total. The van der Waals surface area contributed by atoms with Crippen LogP contribution < -0.4 is 11.2 Å². The lowest BCUT2D eigenvalue weighted by molar-refractivity contribution is 0.240. The van der Waals surface area contributed by atoms with E-state index in [2.05, 4.69) is 39.1 Å². The van der Waals surface area contributed by atoms with E-state index in [1.54, 1.807) is 0 Å². The fraction of sp³-hybridized carbons (Fsp3) is 0.375. The average Bonchev–Trinajstić information content (AvgIpc) is 2.86. The summed E-state index contributed by atoms with van der Waals surface area (Å²) >= 11 is 0. The summed E-state index contributed by atoms with van der Waals surface area (Å²) in [5.74, 6) is 0. The van der Waals surface area contributed by atoms with E-state index in [0.717, 1.165) is 25.8 Å². The van der Waals surface area contributed by atoms with E-state index in [9.17, 15) is 9.59 Å². The molecule has 1 aromatic heterocycles. The van der Waals surface area contributed by atoms with Gasteiger partial charge in [-0.1, -0.05) is 30.3 Å². The number of rotatable bonds is 4. The standard InChI is InChI=1S/C16H19N3O2/c20-15-10-13(17-16(21)18-15)11-19-8-4-7-14(19)9-12-5-2-1-3-6-12/h1-3,5-6,10,14H,4,7-9,11H2,(H2,17,18,20,21)/t14-/m1/s1. The van der Waals surface area contributed by atoms with Crippen LogP contribution >= 0.6 is 0 Å². The number of benzene rings is 1. The minimum absolute atomic E-state index is 0.340. The number of likely N-dealkylation sites (tertiary alicyclic amines) is 1. The third-order valence-corrected chi connectivity index (χ3v) is 4.00. The van der Waals surface area contributed by atoms with Gasteiger partial charge >= 0.3 is 5.69 Å². The van der Waals surface area contributed by atoms with E-state index in [0.29, 0.717) is 18.3 Å². The fourth-order valence-corrected chi connectivity index (χ4v) is 3.04. The first-order chi connectivity index (χ1) is 10.2. The summed E-state index contributed by atoms with van der Waals surface area (Å²) in [5.41, 5.74) is 1.24. The molecule has 1 atom stereocenters. The summed E-state index contributed by atoms with van der Waals surface area (Å²) in [7, 11) is 0. The largest absolute Gasteiger partial charge is 0.325 e. The molecular formula is C16H19N3O2. The van der Waals surface area contributed by atoms with Crippen molar-refractivity contribution in [3.05, 3.63) is 68.5 Å². The Hall–Kier alpha value is -2.14. The quantitative estimate of drug-likeness (QED) is 0.889. The van der Waals surface area contributed by atoms with Gasteiger partial charge in [0.05, 0.1) is 0 Å². The van der Waals surface area contributed by atoms with Crippen LogP contribution in [0.1, 0.15) is 24.1 Å². The van der Waals surface area contributed by atoms with Gasteiger partial charge in [-0.3, -0.25) is 14.7 Å². The second-order valence-corrected chi connectivity index (χ2v) is 5.57. The molecule has 21 heavy (non-hydrogen) atoms. The maximum Gasteiger partial charge on any atom is 0.325 e. The van der Waals surface area contributed by atoms with Crippen LogP contribution in [0.25, 0.3) is 0 Å². The smallest absolute Gasteiger partial charge is 0.310 e. The number of nitrogens with zero attached hydrogens (tertiary/aromatic N) is 1. The van der Waals surface area contributed by atoms with Crippen molar-refractivity contribution in [2.24, 2.45) is 0 Å². The highest BCUT2D eigenvalue weighted by atomic mass is 16.2. The maximum atomic E-state index is 11.4. The predicted octanol–water partition coefficient (Wildman–Crippen LogP) is 1.27. The molecule has 3 rings (SSSR count). The number of aromatic nitrogens is 2. The molecule has 0 aliphatic carbocycles. The number of aromatic amines is 2. The van der Waals surface area contributed by atoms with Crippen LogP contribution in [0.5, 0.6) is 0 Å². The Morgan fingerprint density at radius 3 is 2.71 bits per heavy atom. The van der Waals surface area contributed by atoms with E-state index in [1.165, 1.54) is 11.6 Å². The third kappa shape index (κ3) is 3.49. The molecule has 2 heterocycles. The van der Waals surface area contributed by atoms with Gasteiger partial charge in [0, 0.05) is 24.3 Å². The minimum atomic E-state index is -0.434. The van der Waals surface area contributed by atoms with Crippen LogP contribution in [0.3, 0.4) is 0 Å². The molecule has 5 nitrogen and oxygen atoms in total. The summed E-state index contributed by atoms with van der Waals surface area (Å²) in [6, 6.07) is 12.4. The van der Waals surface area contributed by atoms with E-state index < -0.39 is 5.69 Å². The zero-order valence-electron chi connectivity index (χ0n) is 11.8. The Morgan fingerprint density at radius 1 is 1.14 bits per heavy atom. The van der Waals surface area contributed by atoms with Crippen molar-refractivity contribution in [2.75, 3.05) is 6.54 Å². The summed E-state index contributed by atoms with van der Waals surface area (Å²) < 4.78 is 0. The van der Waals surface area contributed by atoms with Crippen molar-refractivity contribution in [1.82, 2.24) is 14.9 Å². The summed E-state index contributed by atoms with van der Waals surface area (Å²) in [4.78, 5) is 29.9. The number of H-pyrrole nitrogens is 2. The van der Waals surface area contributed by atoms with Crippen molar-refractivity contribution in [3.8, 4) is 0 Å². The molecule has 110 valence electrons. The highest BCUT2D eigenvalue weighted by molar-refractivity contribution is 5.16. The summed E-state index contributed by atoms with van der Waals surface area (Å²) in [5, 5.41) is 0. The Bertz CT molecular complexity index is 677. The van der Waals surface area contributed by atoms with Gasteiger partial charge in [0.25, 0.3) is 5.56 Å². The van der Waals surface area contributed by atoms with Gasteiger partial charge in [-0.25, -0.2) is 4.79 Å². The van der Waals surface area contributed by atoms with Crippen LogP contribution in [0.15, 0.2) is 46.0 Å². The Morgan fingerprint density at radius 2 is 1.95 bits per heavy atom. The lowest BCUT2D eigenvalue weighted by Crippen LogP contribution is -2.33. The molecule has 0 spiro atoms. The van der Waals surface area contributed by atoms with Gasteiger partial charge in [0.15, 0.2) is 0 Å². The zero-order valence-corrected chi connectivity index (χ0v) is 11.8. The van der Waals surface area contributed by atoms with Gasteiger partial charge in [-0.2, -0.15) is 0 Å². The molecular weight excluding hydrogens is 266 g/mol. The second-order valence-electron chi connectivity index (χ2n) is 5.57. The first-order valence-electron chi connectivity index (χ1n) is 7.31. The summed E-state index contributed by atoms with van der Waals surface area (Å²) in [6.45, 7) is 1.63. The molecule has 0 amide bonds. The maximum absolute atomic E-state index is 11.4. The Kier molecular flexibility index (Phi) is 4.01. The second kappa shape index (κ2) is 6.10. The van der Waals surface area contributed by atoms with E-state index in [1.807, 2.05) is 6.07 Å². The van der Waals surface area contributed by atoms with Crippen LogP contribution in [0, 0.1) is 0 Å². The normalized spacial score (nSPS) is 19.0. The highest BCUT2D eigenvalue weighted by Crippen LogP contribution is 2.22. The van der Waals surface area contributed by atoms with E-state index >= 15 is 0 Å². The van der Waals surface area contributed by atoms with Gasteiger partial charge in [-0.05, 0) is 31.4 Å². The molecule has 0 radical (unpaired) electrons. The van der Waals surface area contributed by atoms with Crippen molar-refractivity contribution in [3.63, 3.8) is 0 Å². The minimum Gasteiger partial charge on any atom is -0.310 e. The van der Waals surface area contributed by atoms with Crippen molar-refractivity contribution < 1.29 is 0 Å². The lowest BCUT2D eigenvalue weighted by atomic mass is 10.0. The van der Waals surface area contributed by atoms with Crippen molar-refractivity contribution in [1.29, 1.82) is 0 Å². The molecule has 2 aromatic rings. The molecule has 0 saturated carbocycles. The van der Waals surface area contributed by atoms with Crippen LogP contribution in [-0.4, -0.2) is 27.5 Å². The number of nitrogens with one attached hydrogen (secondary N) is 2. The van der Waals surface area contributed by atoms with Gasteiger partial charge in [-0.15, -0.1) is 0 Å². The third-order valence-electron chi connectivity index (χ3n) is 4.00. The van der Waals surface area contributed by atoms with E-state index in [-0.39, 0.29) is 5.56 Å². The molecule has 5 heteroatoms. The molecule has 1 aliphatic heterocycles. The highest BCUT2D eigenvalue weighted by Gasteiger charge is 2.24. The van der Waals surface area contributed by atoms with E-state index in [4.69, 9.17) is 0 Å². The zero-order chi connectivity index (χ0) is 14.7. The van der Waals surface area contributed by atoms with Crippen LogP contribution in [-0.2, 0) is 13.0 Å². The molecule has 1 fully saturated rings. The topological polar surface area (TPSA) is 69.0 Å². The van der Waals surface area contributed by atoms with Crippen molar-refractivity contribution >= 4 is 0 Å². The monoisotopic (exact) mass is 285 g/mol. The first kappa shape index (κ1) is 13.8. The first-order valence-corrected chi connectivity index (χ1v) is 7.31. The SMILES string of the molecule is O=c1cc(CN2CCC[C@@H]2Cc2ccccc2)[nH]c(=O)[nH]1. The molecule has 0 bridgehead atoms. The molecule has 0 unspecified atom stereocenters. The molecule has 1 aromatic carbocycles.